The Balaban J connectivity index is 1.93. The molecular weight excluding hydrogens is 366 g/mol. The number of ether oxygens (including phenoxy) is 1. The van der Waals surface area contributed by atoms with E-state index >= 15 is 0 Å². The van der Waals surface area contributed by atoms with Crippen LogP contribution in [0.5, 0.6) is 0 Å². The number of aryl methyl sites for hydroxylation is 1. The molecule has 3 aromatic rings. The van der Waals surface area contributed by atoms with Crippen LogP contribution >= 0.6 is 0 Å². The summed E-state index contributed by atoms with van der Waals surface area (Å²) < 4.78 is 5.12. The Bertz CT molecular complexity index is 949. The lowest BCUT2D eigenvalue weighted by molar-refractivity contribution is 0.206. The van der Waals surface area contributed by atoms with Crippen LogP contribution in [0.25, 0.3) is 0 Å². The molecule has 0 spiro atoms. The number of nitrogens with zero attached hydrogens (tertiary/aromatic N) is 4. The number of methoxy groups -OCH3 is 1. The molecule has 150 valence electrons. The number of benzene rings is 2. The molecule has 0 radical (unpaired) electrons. The van der Waals surface area contributed by atoms with Gasteiger partial charge in [-0.1, -0.05) is 30.3 Å². The second-order valence-electron chi connectivity index (χ2n) is 6.60. The van der Waals surface area contributed by atoms with Gasteiger partial charge in [-0.15, -0.1) is 0 Å². The predicted octanol–water partition coefficient (Wildman–Crippen LogP) is 4.24. The Kier molecular flexibility index (Phi) is 6.76. The highest BCUT2D eigenvalue weighted by atomic mass is 16.5. The van der Waals surface area contributed by atoms with Crippen LogP contribution in [0, 0.1) is 6.92 Å². The molecule has 1 N–H and O–H groups in total. The Morgan fingerprint density at radius 1 is 1.10 bits per heavy atom. The molecule has 0 atom stereocenters. The average Bonchev–Trinajstić information content (AvgIpc) is 2.73. The summed E-state index contributed by atoms with van der Waals surface area (Å²) in [6.45, 7) is 3.18. The first-order valence-corrected chi connectivity index (χ1v) is 9.34. The van der Waals surface area contributed by atoms with Crippen molar-refractivity contribution in [1.29, 1.82) is 0 Å². The smallest absolute Gasteiger partial charge is 0.332 e. The number of anilines is 4. The normalized spacial score (nSPS) is 10.4. The van der Waals surface area contributed by atoms with E-state index < -0.39 is 0 Å². The molecule has 0 saturated carbocycles. The van der Waals surface area contributed by atoms with Gasteiger partial charge in [-0.2, -0.15) is 4.98 Å². The third kappa shape index (κ3) is 5.30. The van der Waals surface area contributed by atoms with E-state index in [1.54, 1.807) is 19.4 Å². The molecular formula is C22H25N5O2. The number of hydrogen-bond acceptors (Lipinski definition) is 5. The Hall–Kier alpha value is -3.45. The van der Waals surface area contributed by atoms with E-state index in [1.807, 2.05) is 73.5 Å². The second kappa shape index (κ2) is 9.66. The fraction of sp³-hybridized carbons (Fsp3) is 0.227. The fourth-order valence-corrected chi connectivity index (χ4v) is 2.81. The molecule has 7 nitrogen and oxygen atoms in total. The van der Waals surface area contributed by atoms with Crippen LogP contribution in [0.3, 0.4) is 0 Å². The first-order valence-electron chi connectivity index (χ1n) is 9.34. The molecule has 3 rings (SSSR count). The van der Waals surface area contributed by atoms with Crippen molar-refractivity contribution >= 4 is 29.2 Å². The standard InChI is InChI=1S/C22H25N5O2/c1-17-8-7-9-18(16-17)24-22(28)27(19-10-5-4-6-11-19)20-12-13-23-21(25-20)26(2)14-15-29-3/h4-13,16H,14-15H2,1-3H3,(H,24,28). The highest BCUT2D eigenvalue weighted by Crippen LogP contribution is 2.26. The fourth-order valence-electron chi connectivity index (χ4n) is 2.81. The monoisotopic (exact) mass is 391 g/mol. The summed E-state index contributed by atoms with van der Waals surface area (Å²) in [7, 11) is 3.54. The van der Waals surface area contributed by atoms with Gasteiger partial charge in [0.15, 0.2) is 0 Å². The topological polar surface area (TPSA) is 70.6 Å². The number of amides is 2. The maximum absolute atomic E-state index is 13.2. The minimum atomic E-state index is -0.300. The molecule has 0 aliphatic rings. The molecule has 7 heteroatoms. The number of carbonyl (C=O) groups is 1. The minimum Gasteiger partial charge on any atom is -0.383 e. The van der Waals surface area contributed by atoms with Gasteiger partial charge in [-0.25, -0.2) is 14.7 Å². The van der Waals surface area contributed by atoms with Crippen molar-refractivity contribution in [3.63, 3.8) is 0 Å². The van der Waals surface area contributed by atoms with Gasteiger partial charge >= 0.3 is 6.03 Å². The van der Waals surface area contributed by atoms with E-state index in [0.717, 1.165) is 11.3 Å². The number of likely N-dealkylation sites (N-methyl/N-ethyl adjacent to an activating group) is 1. The average molecular weight is 391 g/mol. The molecule has 0 aliphatic heterocycles. The zero-order valence-electron chi connectivity index (χ0n) is 16.9. The Morgan fingerprint density at radius 3 is 2.62 bits per heavy atom. The SMILES string of the molecule is COCCN(C)c1nccc(N(C(=O)Nc2cccc(C)c2)c2ccccc2)n1. The van der Waals surface area contributed by atoms with Gasteiger partial charge in [0.2, 0.25) is 5.95 Å². The van der Waals surface area contributed by atoms with Crippen molar-refractivity contribution < 1.29 is 9.53 Å². The lowest BCUT2D eigenvalue weighted by Crippen LogP contribution is -2.32. The van der Waals surface area contributed by atoms with E-state index in [9.17, 15) is 4.79 Å². The second-order valence-corrected chi connectivity index (χ2v) is 6.60. The number of aromatic nitrogens is 2. The molecule has 2 aromatic carbocycles. The van der Waals surface area contributed by atoms with Crippen LogP contribution < -0.4 is 15.1 Å². The maximum Gasteiger partial charge on any atom is 0.332 e. The van der Waals surface area contributed by atoms with E-state index in [4.69, 9.17) is 4.74 Å². The highest BCUT2D eigenvalue weighted by Gasteiger charge is 2.20. The molecule has 0 unspecified atom stereocenters. The van der Waals surface area contributed by atoms with Gasteiger partial charge in [0.1, 0.15) is 5.82 Å². The van der Waals surface area contributed by atoms with Crippen LogP contribution in [-0.2, 0) is 4.74 Å². The van der Waals surface area contributed by atoms with E-state index in [-0.39, 0.29) is 6.03 Å². The van der Waals surface area contributed by atoms with Crippen LogP contribution in [0.4, 0.5) is 27.9 Å². The lowest BCUT2D eigenvalue weighted by Gasteiger charge is -2.24. The largest absolute Gasteiger partial charge is 0.383 e. The Morgan fingerprint density at radius 2 is 1.90 bits per heavy atom. The van der Waals surface area contributed by atoms with Crippen LogP contribution in [0.1, 0.15) is 5.56 Å². The van der Waals surface area contributed by atoms with Crippen molar-refractivity contribution in [2.24, 2.45) is 0 Å². The van der Waals surface area contributed by atoms with Crippen molar-refractivity contribution in [3.8, 4) is 0 Å². The summed E-state index contributed by atoms with van der Waals surface area (Å²) in [5.74, 6) is 0.999. The van der Waals surface area contributed by atoms with E-state index in [2.05, 4.69) is 15.3 Å². The van der Waals surface area contributed by atoms with Crippen LogP contribution in [0.15, 0.2) is 66.9 Å². The summed E-state index contributed by atoms with van der Waals surface area (Å²) in [6, 6.07) is 18.5. The number of nitrogens with one attached hydrogen (secondary N) is 1. The molecule has 0 bridgehead atoms. The number of hydrogen-bond donors (Lipinski definition) is 1. The summed E-state index contributed by atoms with van der Waals surface area (Å²) in [4.78, 5) is 25.6. The van der Waals surface area contributed by atoms with E-state index in [0.29, 0.717) is 30.6 Å². The molecule has 1 heterocycles. The summed E-state index contributed by atoms with van der Waals surface area (Å²) in [6.07, 6.45) is 1.65. The van der Waals surface area contributed by atoms with Crippen LogP contribution in [-0.4, -0.2) is 43.3 Å². The number of carbonyl (C=O) groups excluding carboxylic acids is 1. The quantitative estimate of drug-likeness (QED) is 0.652. The van der Waals surface area contributed by atoms with Gasteiger partial charge in [0, 0.05) is 38.7 Å². The van der Waals surface area contributed by atoms with Crippen molar-refractivity contribution in [1.82, 2.24) is 9.97 Å². The van der Waals surface area contributed by atoms with Crippen molar-refractivity contribution in [2.75, 3.05) is 42.4 Å². The molecule has 0 fully saturated rings. The van der Waals surface area contributed by atoms with Gasteiger partial charge in [0.05, 0.1) is 12.3 Å². The first-order chi connectivity index (χ1) is 14.1. The molecule has 29 heavy (non-hydrogen) atoms. The molecule has 0 saturated heterocycles. The zero-order valence-corrected chi connectivity index (χ0v) is 16.9. The summed E-state index contributed by atoms with van der Waals surface area (Å²) in [5, 5.41) is 2.96. The zero-order chi connectivity index (χ0) is 20.6. The lowest BCUT2D eigenvalue weighted by atomic mass is 10.2. The third-order valence-corrected chi connectivity index (χ3v) is 4.32. The Labute approximate surface area is 171 Å². The van der Waals surface area contributed by atoms with Gasteiger partial charge in [0.25, 0.3) is 0 Å². The number of rotatable bonds is 7. The number of para-hydroxylation sites is 1. The molecule has 1 aromatic heterocycles. The maximum atomic E-state index is 13.2. The predicted molar refractivity (Wildman–Crippen MR) is 116 cm³/mol. The van der Waals surface area contributed by atoms with Crippen LogP contribution in [0.2, 0.25) is 0 Å². The van der Waals surface area contributed by atoms with Gasteiger partial charge in [-0.05, 0) is 36.8 Å². The molecule has 2 amide bonds. The van der Waals surface area contributed by atoms with Crippen molar-refractivity contribution in [3.05, 3.63) is 72.4 Å². The third-order valence-electron chi connectivity index (χ3n) is 4.32. The number of urea groups is 1. The molecule has 0 aliphatic carbocycles. The minimum absolute atomic E-state index is 0.300. The summed E-state index contributed by atoms with van der Waals surface area (Å²) in [5.41, 5.74) is 2.50. The summed E-state index contributed by atoms with van der Waals surface area (Å²) >= 11 is 0. The van der Waals surface area contributed by atoms with Crippen molar-refractivity contribution in [2.45, 2.75) is 6.92 Å². The van der Waals surface area contributed by atoms with Gasteiger partial charge < -0.3 is 15.0 Å². The van der Waals surface area contributed by atoms with Gasteiger partial charge in [-0.3, -0.25) is 0 Å². The first kappa shape index (κ1) is 20.3. The van der Waals surface area contributed by atoms with E-state index in [1.165, 1.54) is 4.90 Å². The highest BCUT2D eigenvalue weighted by molar-refractivity contribution is 6.06.